The number of amides is 2. The third-order valence-corrected chi connectivity index (χ3v) is 6.56. The van der Waals surface area contributed by atoms with Crippen molar-refractivity contribution in [1.29, 1.82) is 0 Å². The molecule has 3 aromatic carbocycles. The number of halogens is 1. The van der Waals surface area contributed by atoms with Crippen molar-refractivity contribution in [1.82, 2.24) is 15.5 Å². The number of nitrogens with one attached hydrogen (secondary N) is 1. The fraction of sp³-hybridized carbons (Fsp3) is 0.179. The molecule has 0 radical (unpaired) electrons. The summed E-state index contributed by atoms with van der Waals surface area (Å²) in [7, 11) is 0. The van der Waals surface area contributed by atoms with Gasteiger partial charge in [0.25, 0.3) is 5.89 Å². The van der Waals surface area contributed by atoms with E-state index in [1.54, 1.807) is 37.3 Å². The first-order valence-electron chi connectivity index (χ1n) is 11.9. The van der Waals surface area contributed by atoms with E-state index in [2.05, 4.69) is 22.4 Å². The van der Waals surface area contributed by atoms with E-state index in [0.717, 1.165) is 12.0 Å². The Kier molecular flexibility index (Phi) is 5.60. The van der Waals surface area contributed by atoms with Crippen LogP contribution in [0.15, 0.2) is 77.0 Å². The molecule has 0 spiro atoms. The van der Waals surface area contributed by atoms with Crippen LogP contribution in [0.25, 0.3) is 17.0 Å². The summed E-state index contributed by atoms with van der Waals surface area (Å²) in [6.07, 6.45) is 0.925. The molecule has 2 aliphatic heterocycles. The third kappa shape index (κ3) is 4.08. The molecule has 0 bridgehead atoms. The van der Waals surface area contributed by atoms with E-state index >= 15 is 0 Å². The number of hydrogen-bond acceptors (Lipinski definition) is 6. The molecule has 0 aliphatic carbocycles. The number of rotatable bonds is 5. The van der Waals surface area contributed by atoms with E-state index in [1.165, 1.54) is 22.6 Å². The summed E-state index contributed by atoms with van der Waals surface area (Å²) >= 11 is 0. The number of ether oxygens (including phenoxy) is 2. The van der Waals surface area contributed by atoms with Gasteiger partial charge in [-0.15, -0.1) is 0 Å². The maximum atomic E-state index is 14.2. The molecule has 0 saturated carbocycles. The van der Waals surface area contributed by atoms with Gasteiger partial charge < -0.3 is 19.3 Å². The van der Waals surface area contributed by atoms with Crippen molar-refractivity contribution >= 4 is 17.3 Å². The molecule has 1 N–H and O–H groups in total. The molecule has 1 unspecified atom stereocenters. The fourth-order valence-electron chi connectivity index (χ4n) is 4.63. The lowest BCUT2D eigenvalue weighted by Gasteiger charge is -2.35. The molecule has 1 aromatic heterocycles. The second-order valence-electron chi connectivity index (χ2n) is 8.78. The fourth-order valence-corrected chi connectivity index (χ4v) is 4.63. The van der Waals surface area contributed by atoms with Crippen LogP contribution in [0.1, 0.15) is 36.9 Å². The van der Waals surface area contributed by atoms with Crippen LogP contribution in [0.4, 0.5) is 14.9 Å². The van der Waals surface area contributed by atoms with E-state index in [1.807, 2.05) is 24.3 Å². The Morgan fingerprint density at radius 3 is 2.65 bits per heavy atom. The Bertz CT molecular complexity index is 1530. The van der Waals surface area contributed by atoms with Crippen molar-refractivity contribution in [3.63, 3.8) is 0 Å². The van der Waals surface area contributed by atoms with Gasteiger partial charge in [0.2, 0.25) is 12.6 Å². The number of hydrogen-bond donors (Lipinski definition) is 1. The summed E-state index contributed by atoms with van der Waals surface area (Å²) in [5.41, 5.74) is 4.26. The van der Waals surface area contributed by atoms with Gasteiger partial charge in [-0.3, -0.25) is 4.90 Å². The van der Waals surface area contributed by atoms with Crippen LogP contribution >= 0.6 is 0 Å². The maximum absolute atomic E-state index is 14.2. The van der Waals surface area contributed by atoms with Crippen LogP contribution in [0.3, 0.4) is 0 Å². The zero-order valence-electron chi connectivity index (χ0n) is 20.2. The predicted octanol–water partition coefficient (Wildman–Crippen LogP) is 5.87. The average Bonchev–Trinajstić information content (AvgIpc) is 3.58. The van der Waals surface area contributed by atoms with Crippen molar-refractivity contribution in [2.45, 2.75) is 26.3 Å². The van der Waals surface area contributed by atoms with Gasteiger partial charge in [0.15, 0.2) is 11.5 Å². The summed E-state index contributed by atoms with van der Waals surface area (Å²) < 4.78 is 30.8. The van der Waals surface area contributed by atoms with Gasteiger partial charge in [0.05, 0.1) is 17.3 Å². The molecule has 6 rings (SSSR count). The number of carbonyl (C=O) groups excluding carboxylic acids is 1. The van der Waals surface area contributed by atoms with E-state index in [4.69, 9.17) is 14.0 Å². The van der Waals surface area contributed by atoms with Crippen LogP contribution in [-0.4, -0.2) is 23.0 Å². The van der Waals surface area contributed by atoms with Gasteiger partial charge in [-0.05, 0) is 48.7 Å². The molecule has 9 heteroatoms. The molecule has 37 heavy (non-hydrogen) atoms. The maximum Gasteiger partial charge on any atom is 0.327 e. The highest BCUT2D eigenvalue weighted by molar-refractivity contribution is 6.01. The summed E-state index contributed by atoms with van der Waals surface area (Å²) in [5, 5.41) is 7.18. The first kappa shape index (κ1) is 22.8. The normalized spacial score (nSPS) is 16.8. The second-order valence-corrected chi connectivity index (χ2v) is 8.78. The molecule has 1 atom stereocenters. The second kappa shape index (κ2) is 9.09. The topological polar surface area (TPSA) is 89.7 Å². The number of fused-ring (bicyclic) bond motifs is 1. The molecule has 8 nitrogen and oxygen atoms in total. The summed E-state index contributed by atoms with van der Waals surface area (Å²) in [4.78, 5) is 19.6. The van der Waals surface area contributed by atoms with Gasteiger partial charge in [-0.25, -0.2) is 9.18 Å². The Balaban J connectivity index is 1.47. The van der Waals surface area contributed by atoms with Gasteiger partial charge in [0, 0.05) is 17.3 Å². The van der Waals surface area contributed by atoms with Crippen LogP contribution in [0.2, 0.25) is 0 Å². The van der Waals surface area contributed by atoms with Gasteiger partial charge in [-0.2, -0.15) is 4.98 Å². The number of benzene rings is 3. The van der Waals surface area contributed by atoms with Crippen LogP contribution in [0.5, 0.6) is 11.5 Å². The predicted molar refractivity (Wildman–Crippen MR) is 134 cm³/mol. The standard InChI is InChI=1S/C28H23FN4O4/c1-3-17-7-9-18(10-8-17)26-31-27(37-32-26)24-16(2)33(21-11-12-22-23(14-21)36-15-35-22)28(34)30-25(24)19-5-4-6-20(29)13-19/h4-14,25H,3,15H2,1-2H3,(H,30,34). The van der Waals surface area contributed by atoms with Gasteiger partial charge in [0.1, 0.15) is 5.82 Å². The minimum absolute atomic E-state index is 0.122. The Morgan fingerprint density at radius 2 is 1.86 bits per heavy atom. The lowest BCUT2D eigenvalue weighted by molar-refractivity contribution is 0.174. The highest BCUT2D eigenvalue weighted by Gasteiger charge is 2.37. The molecule has 0 saturated heterocycles. The number of urea groups is 1. The lowest BCUT2D eigenvalue weighted by Crippen LogP contribution is -2.46. The van der Waals surface area contributed by atoms with Crippen molar-refractivity contribution in [3.8, 4) is 22.9 Å². The van der Waals surface area contributed by atoms with E-state index < -0.39 is 11.9 Å². The minimum Gasteiger partial charge on any atom is -0.454 e. The van der Waals surface area contributed by atoms with E-state index in [0.29, 0.717) is 39.8 Å². The number of anilines is 1. The monoisotopic (exact) mass is 498 g/mol. The molecule has 2 aliphatic rings. The van der Waals surface area contributed by atoms with Crippen LogP contribution < -0.4 is 19.7 Å². The summed E-state index contributed by atoms with van der Waals surface area (Å²) in [6, 6.07) is 18.2. The Labute approximate surface area is 212 Å². The zero-order valence-corrected chi connectivity index (χ0v) is 20.2. The minimum atomic E-state index is -0.704. The van der Waals surface area contributed by atoms with E-state index in [9.17, 15) is 9.18 Å². The average molecular weight is 499 g/mol. The highest BCUT2D eigenvalue weighted by atomic mass is 19.1. The SMILES string of the molecule is CCc1ccc(-c2noc(C3=C(C)N(c4ccc5c(c4)OCO5)C(=O)NC3c3cccc(F)c3)n2)cc1. The van der Waals surface area contributed by atoms with Crippen molar-refractivity contribution in [3.05, 3.63) is 95.3 Å². The zero-order chi connectivity index (χ0) is 25.5. The molecule has 186 valence electrons. The number of allylic oxidation sites excluding steroid dienone is 1. The lowest BCUT2D eigenvalue weighted by atomic mass is 9.94. The summed E-state index contributed by atoms with van der Waals surface area (Å²) in [6.45, 7) is 4.01. The smallest absolute Gasteiger partial charge is 0.327 e. The highest BCUT2D eigenvalue weighted by Crippen LogP contribution is 2.42. The van der Waals surface area contributed by atoms with Crippen LogP contribution in [-0.2, 0) is 6.42 Å². The largest absolute Gasteiger partial charge is 0.454 e. The molecule has 0 fully saturated rings. The molecule has 4 aromatic rings. The molecule has 2 amide bonds. The van der Waals surface area contributed by atoms with Gasteiger partial charge >= 0.3 is 6.03 Å². The number of carbonyl (C=O) groups is 1. The third-order valence-electron chi connectivity index (χ3n) is 6.56. The van der Waals surface area contributed by atoms with Crippen LogP contribution in [0, 0.1) is 5.82 Å². The number of aromatic nitrogens is 2. The quantitative estimate of drug-likeness (QED) is 0.370. The molecular formula is C28H23FN4O4. The Hall–Kier alpha value is -4.66. The summed E-state index contributed by atoms with van der Waals surface area (Å²) in [5.74, 6) is 1.39. The van der Waals surface area contributed by atoms with Crippen molar-refractivity contribution in [2.75, 3.05) is 11.7 Å². The van der Waals surface area contributed by atoms with E-state index in [-0.39, 0.29) is 18.7 Å². The van der Waals surface area contributed by atoms with Crippen molar-refractivity contribution < 1.29 is 23.2 Å². The van der Waals surface area contributed by atoms with Gasteiger partial charge in [-0.1, -0.05) is 48.5 Å². The number of aryl methyl sites for hydroxylation is 1. The molecular weight excluding hydrogens is 475 g/mol. The number of nitrogens with zero attached hydrogens (tertiary/aromatic N) is 3. The van der Waals surface area contributed by atoms with Crippen molar-refractivity contribution in [2.24, 2.45) is 0 Å². The first-order chi connectivity index (χ1) is 18.0. The Morgan fingerprint density at radius 1 is 1.05 bits per heavy atom. The first-order valence-corrected chi connectivity index (χ1v) is 11.9. The molecule has 3 heterocycles.